The first-order chi connectivity index (χ1) is 11.1. The Labute approximate surface area is 133 Å². The number of carbonyl (C=O) groups excluding carboxylic acids is 2. The summed E-state index contributed by atoms with van der Waals surface area (Å²) in [5, 5.41) is 0. The van der Waals surface area contributed by atoms with E-state index in [0.29, 0.717) is 28.9 Å². The van der Waals surface area contributed by atoms with Gasteiger partial charge in [-0.2, -0.15) is 0 Å². The Balaban J connectivity index is 2.04. The van der Waals surface area contributed by atoms with Crippen LogP contribution < -0.4 is 0 Å². The molecular formula is C18H16N2O3. The summed E-state index contributed by atoms with van der Waals surface area (Å²) >= 11 is 0. The molecule has 0 aliphatic heterocycles. The van der Waals surface area contributed by atoms with Crippen LogP contribution >= 0.6 is 0 Å². The Morgan fingerprint density at radius 3 is 2.52 bits per heavy atom. The minimum absolute atomic E-state index is 0.106. The summed E-state index contributed by atoms with van der Waals surface area (Å²) in [5.74, 6) is 0.332. The molecule has 0 aliphatic carbocycles. The fourth-order valence-electron chi connectivity index (χ4n) is 2.46. The summed E-state index contributed by atoms with van der Waals surface area (Å²) < 4.78 is 4.78. The number of fused-ring (bicyclic) bond motifs is 1. The average molecular weight is 308 g/mol. The van der Waals surface area contributed by atoms with Crippen molar-refractivity contribution < 1.29 is 14.3 Å². The number of carbonyl (C=O) groups is 2. The molecule has 5 nitrogen and oxygen atoms in total. The topological polar surface area (TPSA) is 72.1 Å². The first-order valence-corrected chi connectivity index (χ1v) is 7.34. The van der Waals surface area contributed by atoms with E-state index < -0.39 is 5.97 Å². The Bertz CT molecular complexity index is 879. The Hall–Kier alpha value is -2.95. The molecule has 23 heavy (non-hydrogen) atoms. The Kier molecular flexibility index (Phi) is 3.93. The molecule has 0 fully saturated rings. The van der Waals surface area contributed by atoms with Crippen LogP contribution in [0, 0.1) is 0 Å². The standard InChI is InChI=1S/C18H16N2O3/c1-3-15(21)11-7-9-12(10-8-11)17-19-14-6-4-5-13(16(14)20-17)18(22)23-2/h4-10H,3H2,1-2H3,(H,19,20). The van der Waals surface area contributed by atoms with Crippen LogP contribution in [-0.2, 0) is 4.74 Å². The van der Waals surface area contributed by atoms with Gasteiger partial charge in [0, 0.05) is 17.5 Å². The van der Waals surface area contributed by atoms with Crippen LogP contribution in [0.1, 0.15) is 34.1 Å². The van der Waals surface area contributed by atoms with Crippen LogP contribution in [0.2, 0.25) is 0 Å². The van der Waals surface area contributed by atoms with E-state index in [1.165, 1.54) is 7.11 Å². The van der Waals surface area contributed by atoms with Gasteiger partial charge < -0.3 is 9.72 Å². The minimum atomic E-state index is -0.419. The molecule has 1 aromatic heterocycles. The number of aromatic nitrogens is 2. The maximum absolute atomic E-state index is 11.8. The lowest BCUT2D eigenvalue weighted by Crippen LogP contribution is -2.01. The number of hydrogen-bond donors (Lipinski definition) is 1. The van der Waals surface area contributed by atoms with E-state index in [0.717, 1.165) is 11.1 Å². The average Bonchev–Trinajstić information content (AvgIpc) is 3.04. The number of para-hydroxylation sites is 1. The van der Waals surface area contributed by atoms with Gasteiger partial charge in [0.25, 0.3) is 0 Å². The zero-order valence-electron chi connectivity index (χ0n) is 12.9. The second-order valence-electron chi connectivity index (χ2n) is 5.13. The van der Waals surface area contributed by atoms with E-state index in [2.05, 4.69) is 9.97 Å². The number of methoxy groups -OCH3 is 1. The molecule has 0 bridgehead atoms. The molecule has 5 heteroatoms. The molecule has 0 amide bonds. The number of aromatic amines is 1. The maximum atomic E-state index is 11.8. The number of imidazole rings is 1. The van der Waals surface area contributed by atoms with Crippen LogP contribution in [0.5, 0.6) is 0 Å². The third-order valence-electron chi connectivity index (χ3n) is 3.72. The molecule has 1 heterocycles. The SMILES string of the molecule is CCC(=O)c1ccc(-c2nc3c(C(=O)OC)cccc3[nH]2)cc1. The number of ketones is 1. The van der Waals surface area contributed by atoms with Gasteiger partial charge in [-0.15, -0.1) is 0 Å². The van der Waals surface area contributed by atoms with Gasteiger partial charge in [-0.1, -0.05) is 37.3 Å². The number of esters is 1. The van der Waals surface area contributed by atoms with Crippen molar-refractivity contribution >= 4 is 22.8 Å². The predicted octanol–water partition coefficient (Wildman–Crippen LogP) is 3.61. The number of nitrogens with zero attached hydrogens (tertiary/aromatic N) is 1. The number of H-pyrrole nitrogens is 1. The molecule has 0 aliphatic rings. The fraction of sp³-hybridized carbons (Fsp3) is 0.167. The van der Waals surface area contributed by atoms with Gasteiger partial charge in [0.15, 0.2) is 5.78 Å². The molecule has 1 N–H and O–H groups in total. The second-order valence-corrected chi connectivity index (χ2v) is 5.13. The highest BCUT2D eigenvalue weighted by atomic mass is 16.5. The number of hydrogen-bond acceptors (Lipinski definition) is 4. The van der Waals surface area contributed by atoms with E-state index >= 15 is 0 Å². The van der Waals surface area contributed by atoms with E-state index in [9.17, 15) is 9.59 Å². The van der Waals surface area contributed by atoms with Gasteiger partial charge in [0.2, 0.25) is 0 Å². The number of ether oxygens (including phenoxy) is 1. The van der Waals surface area contributed by atoms with Crippen LogP contribution in [0.15, 0.2) is 42.5 Å². The summed E-state index contributed by atoms with van der Waals surface area (Å²) in [6.45, 7) is 1.84. The highest BCUT2D eigenvalue weighted by Gasteiger charge is 2.14. The molecule has 3 rings (SSSR count). The number of nitrogens with one attached hydrogen (secondary N) is 1. The lowest BCUT2D eigenvalue weighted by molar-refractivity contribution is 0.0602. The van der Waals surface area contributed by atoms with Crippen molar-refractivity contribution in [2.24, 2.45) is 0 Å². The lowest BCUT2D eigenvalue weighted by Gasteiger charge is -2.00. The number of benzene rings is 2. The third-order valence-corrected chi connectivity index (χ3v) is 3.72. The Morgan fingerprint density at radius 1 is 1.13 bits per heavy atom. The lowest BCUT2D eigenvalue weighted by atomic mass is 10.1. The van der Waals surface area contributed by atoms with Gasteiger partial charge in [-0.3, -0.25) is 4.79 Å². The van der Waals surface area contributed by atoms with E-state index in [4.69, 9.17) is 4.74 Å². The Morgan fingerprint density at radius 2 is 1.87 bits per heavy atom. The van der Waals surface area contributed by atoms with Gasteiger partial charge >= 0.3 is 5.97 Å². The summed E-state index contributed by atoms with van der Waals surface area (Å²) in [6.07, 6.45) is 0.479. The van der Waals surface area contributed by atoms with Crippen molar-refractivity contribution in [2.45, 2.75) is 13.3 Å². The largest absolute Gasteiger partial charge is 0.465 e. The van der Waals surface area contributed by atoms with Crippen LogP contribution in [0.3, 0.4) is 0 Å². The van der Waals surface area contributed by atoms with E-state index in [1.807, 2.05) is 25.1 Å². The monoisotopic (exact) mass is 308 g/mol. The van der Waals surface area contributed by atoms with Crippen molar-refractivity contribution in [1.82, 2.24) is 9.97 Å². The predicted molar refractivity (Wildman–Crippen MR) is 87.5 cm³/mol. The first kappa shape index (κ1) is 15.0. The van der Waals surface area contributed by atoms with Crippen molar-refractivity contribution in [3.63, 3.8) is 0 Å². The number of Topliss-reactive ketones (excluding diaryl/α,β-unsaturated/α-hetero) is 1. The van der Waals surface area contributed by atoms with Crippen LogP contribution in [-0.4, -0.2) is 28.8 Å². The summed E-state index contributed by atoms with van der Waals surface area (Å²) in [5.41, 5.74) is 3.29. The quantitative estimate of drug-likeness (QED) is 0.590. The third kappa shape index (κ3) is 2.73. The molecule has 0 unspecified atom stereocenters. The summed E-state index contributed by atoms with van der Waals surface area (Å²) in [4.78, 5) is 31.2. The maximum Gasteiger partial charge on any atom is 0.340 e. The van der Waals surface area contributed by atoms with Crippen molar-refractivity contribution in [3.05, 3.63) is 53.6 Å². The summed E-state index contributed by atoms with van der Waals surface area (Å²) in [6, 6.07) is 12.6. The first-order valence-electron chi connectivity index (χ1n) is 7.34. The van der Waals surface area contributed by atoms with Gasteiger partial charge in [-0.25, -0.2) is 9.78 Å². The second kappa shape index (κ2) is 6.04. The van der Waals surface area contributed by atoms with Gasteiger partial charge in [0.05, 0.1) is 18.2 Å². The molecule has 2 aromatic carbocycles. The van der Waals surface area contributed by atoms with E-state index in [1.54, 1.807) is 24.3 Å². The van der Waals surface area contributed by atoms with Crippen LogP contribution in [0.25, 0.3) is 22.4 Å². The van der Waals surface area contributed by atoms with Gasteiger partial charge in [-0.05, 0) is 12.1 Å². The van der Waals surface area contributed by atoms with Crippen molar-refractivity contribution in [2.75, 3.05) is 7.11 Å². The molecule has 0 radical (unpaired) electrons. The highest BCUT2D eigenvalue weighted by Crippen LogP contribution is 2.23. The van der Waals surface area contributed by atoms with Crippen molar-refractivity contribution in [1.29, 1.82) is 0 Å². The zero-order chi connectivity index (χ0) is 16.4. The molecule has 3 aromatic rings. The molecule has 0 saturated heterocycles. The van der Waals surface area contributed by atoms with Crippen LogP contribution in [0.4, 0.5) is 0 Å². The minimum Gasteiger partial charge on any atom is -0.465 e. The summed E-state index contributed by atoms with van der Waals surface area (Å²) in [7, 11) is 1.35. The van der Waals surface area contributed by atoms with E-state index in [-0.39, 0.29) is 5.78 Å². The molecule has 0 saturated carbocycles. The number of rotatable bonds is 4. The van der Waals surface area contributed by atoms with Gasteiger partial charge in [0.1, 0.15) is 11.3 Å². The molecule has 0 spiro atoms. The molecule has 0 atom stereocenters. The normalized spacial score (nSPS) is 10.7. The zero-order valence-corrected chi connectivity index (χ0v) is 12.9. The fourth-order valence-corrected chi connectivity index (χ4v) is 2.46. The molecule has 116 valence electrons. The molecular weight excluding hydrogens is 292 g/mol. The van der Waals surface area contributed by atoms with Crippen molar-refractivity contribution in [3.8, 4) is 11.4 Å². The highest BCUT2D eigenvalue weighted by molar-refractivity contribution is 6.02. The smallest absolute Gasteiger partial charge is 0.340 e.